The molecule has 0 aromatic carbocycles. The molecule has 0 amide bonds. The summed E-state index contributed by atoms with van der Waals surface area (Å²) >= 11 is 0. The maximum atomic E-state index is 11.7. The normalized spacial score (nSPS) is 15.5. The van der Waals surface area contributed by atoms with E-state index < -0.39 is 6.04 Å². The van der Waals surface area contributed by atoms with Crippen LogP contribution in [0.1, 0.15) is 60.3 Å². The summed E-state index contributed by atoms with van der Waals surface area (Å²) in [4.78, 5) is 11.7. The number of ether oxygens (including phenoxy) is 1. The van der Waals surface area contributed by atoms with Gasteiger partial charge in [0.1, 0.15) is 6.04 Å². The first-order chi connectivity index (χ1) is 8.92. The highest BCUT2D eigenvalue weighted by atomic mass is 16.5. The summed E-state index contributed by atoms with van der Waals surface area (Å²) in [6, 6.07) is -0.476. The van der Waals surface area contributed by atoms with E-state index >= 15 is 0 Å². The molecule has 0 unspecified atom stereocenters. The van der Waals surface area contributed by atoms with Gasteiger partial charge in [0.25, 0.3) is 0 Å². The number of allylic oxidation sites excluding steroid dienone is 2. The van der Waals surface area contributed by atoms with Crippen LogP contribution in [0, 0.1) is 11.8 Å². The van der Waals surface area contributed by atoms with E-state index in [2.05, 4.69) is 33.8 Å². The smallest absolute Gasteiger partial charge is 0.323 e. The summed E-state index contributed by atoms with van der Waals surface area (Å²) in [6.07, 6.45) is 6.44. The second kappa shape index (κ2) is 10.0. The summed E-state index contributed by atoms with van der Waals surface area (Å²) in [6.45, 7) is 10.8. The highest BCUT2D eigenvalue weighted by Gasteiger charge is 2.25. The van der Waals surface area contributed by atoms with E-state index in [0.717, 1.165) is 25.7 Å². The topological polar surface area (TPSA) is 52.3 Å². The fraction of sp³-hybridized carbons (Fsp3) is 0.812. The quantitative estimate of drug-likeness (QED) is 0.513. The molecule has 0 rings (SSSR count). The first-order valence-corrected chi connectivity index (χ1v) is 7.47. The van der Waals surface area contributed by atoms with Crippen molar-refractivity contribution in [1.29, 1.82) is 0 Å². The molecule has 0 spiro atoms. The van der Waals surface area contributed by atoms with E-state index in [-0.39, 0.29) is 11.9 Å². The lowest BCUT2D eigenvalue weighted by atomic mass is 9.86. The summed E-state index contributed by atoms with van der Waals surface area (Å²) in [5, 5.41) is 0. The van der Waals surface area contributed by atoms with Gasteiger partial charge in [-0.25, -0.2) is 0 Å². The van der Waals surface area contributed by atoms with Crippen LogP contribution in [0.5, 0.6) is 0 Å². The Morgan fingerprint density at radius 2 is 1.95 bits per heavy atom. The minimum absolute atomic E-state index is 0.223. The van der Waals surface area contributed by atoms with E-state index in [1.165, 1.54) is 5.57 Å². The maximum Gasteiger partial charge on any atom is 0.323 e. The summed E-state index contributed by atoms with van der Waals surface area (Å²) < 4.78 is 5.01. The molecule has 0 aliphatic carbocycles. The van der Waals surface area contributed by atoms with Crippen LogP contribution in [-0.4, -0.2) is 18.6 Å². The van der Waals surface area contributed by atoms with Crippen molar-refractivity contribution in [2.24, 2.45) is 17.6 Å². The molecule has 3 atom stereocenters. The van der Waals surface area contributed by atoms with Crippen LogP contribution in [0.2, 0.25) is 0 Å². The average molecular weight is 269 g/mol. The van der Waals surface area contributed by atoms with Crippen molar-refractivity contribution in [3.8, 4) is 0 Å². The first-order valence-electron chi connectivity index (χ1n) is 7.47. The molecule has 0 fully saturated rings. The Balaban J connectivity index is 4.23. The van der Waals surface area contributed by atoms with Gasteiger partial charge in [-0.05, 0) is 51.9 Å². The molecule has 3 nitrogen and oxygen atoms in total. The van der Waals surface area contributed by atoms with Crippen molar-refractivity contribution in [3.63, 3.8) is 0 Å². The van der Waals surface area contributed by atoms with Gasteiger partial charge in [0.2, 0.25) is 0 Å². The second-order valence-corrected chi connectivity index (χ2v) is 5.65. The molecule has 3 heteroatoms. The van der Waals surface area contributed by atoms with Crippen LogP contribution in [0.4, 0.5) is 0 Å². The number of esters is 1. The lowest BCUT2D eigenvalue weighted by Crippen LogP contribution is -2.40. The standard InChI is InChI=1S/C16H31NO2/c1-6-14(15(17)16(18)19-7-2)11-13(5)10-8-9-12(3)4/h9,13-15H,6-8,10-11,17H2,1-5H3/t13-,14-,15+/m1/s1. The van der Waals surface area contributed by atoms with Gasteiger partial charge in [0.05, 0.1) is 6.61 Å². The summed E-state index contributed by atoms with van der Waals surface area (Å²) in [5.41, 5.74) is 7.36. The third-order valence-electron chi connectivity index (χ3n) is 3.51. The maximum absolute atomic E-state index is 11.7. The molecule has 0 saturated carbocycles. The Bertz CT molecular complexity index is 282. The number of hydrogen-bond acceptors (Lipinski definition) is 3. The fourth-order valence-corrected chi connectivity index (χ4v) is 2.29. The van der Waals surface area contributed by atoms with Gasteiger partial charge in [-0.3, -0.25) is 4.79 Å². The van der Waals surface area contributed by atoms with Gasteiger partial charge >= 0.3 is 5.97 Å². The van der Waals surface area contributed by atoms with Crippen molar-refractivity contribution in [2.75, 3.05) is 6.61 Å². The fourth-order valence-electron chi connectivity index (χ4n) is 2.29. The minimum Gasteiger partial charge on any atom is -0.465 e. The van der Waals surface area contributed by atoms with Crippen molar-refractivity contribution in [3.05, 3.63) is 11.6 Å². The molecule has 0 aromatic rings. The Kier molecular flexibility index (Phi) is 9.58. The molecule has 0 saturated heterocycles. The van der Waals surface area contributed by atoms with Crippen LogP contribution in [0.25, 0.3) is 0 Å². The monoisotopic (exact) mass is 269 g/mol. The molecular formula is C16H31NO2. The van der Waals surface area contributed by atoms with Crippen molar-refractivity contribution in [2.45, 2.75) is 66.3 Å². The predicted molar refractivity (Wildman–Crippen MR) is 80.8 cm³/mol. The molecule has 19 heavy (non-hydrogen) atoms. The average Bonchev–Trinajstić information content (AvgIpc) is 2.34. The Morgan fingerprint density at radius 1 is 1.32 bits per heavy atom. The molecule has 0 aliphatic heterocycles. The minimum atomic E-state index is -0.476. The van der Waals surface area contributed by atoms with E-state index in [4.69, 9.17) is 10.5 Å². The zero-order chi connectivity index (χ0) is 14.8. The molecule has 112 valence electrons. The molecule has 0 radical (unpaired) electrons. The van der Waals surface area contributed by atoms with Gasteiger partial charge in [0, 0.05) is 0 Å². The highest BCUT2D eigenvalue weighted by Crippen LogP contribution is 2.22. The molecule has 0 aliphatic rings. The number of rotatable bonds is 9. The molecular weight excluding hydrogens is 238 g/mol. The number of hydrogen-bond donors (Lipinski definition) is 1. The number of carbonyl (C=O) groups excluding carboxylic acids is 1. The number of carbonyl (C=O) groups is 1. The van der Waals surface area contributed by atoms with Crippen molar-refractivity contribution < 1.29 is 9.53 Å². The van der Waals surface area contributed by atoms with Gasteiger partial charge in [-0.2, -0.15) is 0 Å². The SMILES string of the molecule is CCOC(=O)[C@@H](N)[C@H](CC)C[C@H](C)CCC=C(C)C. The predicted octanol–water partition coefficient (Wildman–Crippen LogP) is 3.68. The van der Waals surface area contributed by atoms with Crippen LogP contribution in [-0.2, 0) is 9.53 Å². The zero-order valence-electron chi connectivity index (χ0n) is 13.2. The summed E-state index contributed by atoms with van der Waals surface area (Å²) in [7, 11) is 0. The van der Waals surface area contributed by atoms with Crippen molar-refractivity contribution >= 4 is 5.97 Å². The van der Waals surface area contributed by atoms with E-state index in [9.17, 15) is 4.79 Å². The first kappa shape index (κ1) is 18.2. The zero-order valence-corrected chi connectivity index (χ0v) is 13.2. The van der Waals surface area contributed by atoms with Crippen LogP contribution in [0.15, 0.2) is 11.6 Å². The lowest BCUT2D eigenvalue weighted by Gasteiger charge is -2.24. The van der Waals surface area contributed by atoms with Gasteiger partial charge < -0.3 is 10.5 Å². The largest absolute Gasteiger partial charge is 0.465 e. The Morgan fingerprint density at radius 3 is 2.42 bits per heavy atom. The Hall–Kier alpha value is -0.830. The molecule has 0 aromatic heterocycles. The van der Waals surface area contributed by atoms with Crippen molar-refractivity contribution in [1.82, 2.24) is 0 Å². The number of nitrogens with two attached hydrogens (primary N) is 1. The molecule has 0 heterocycles. The van der Waals surface area contributed by atoms with Crippen LogP contribution >= 0.6 is 0 Å². The highest BCUT2D eigenvalue weighted by molar-refractivity contribution is 5.75. The third kappa shape index (κ3) is 8.04. The van der Waals surface area contributed by atoms with Crippen LogP contribution in [0.3, 0.4) is 0 Å². The Labute approximate surface area is 118 Å². The second-order valence-electron chi connectivity index (χ2n) is 5.65. The van der Waals surface area contributed by atoms with E-state index in [0.29, 0.717) is 12.5 Å². The lowest BCUT2D eigenvalue weighted by molar-refractivity contribution is -0.146. The van der Waals surface area contributed by atoms with E-state index in [1.54, 1.807) is 0 Å². The van der Waals surface area contributed by atoms with E-state index in [1.807, 2.05) is 6.92 Å². The van der Waals surface area contributed by atoms with Gasteiger partial charge in [0.15, 0.2) is 0 Å². The van der Waals surface area contributed by atoms with Gasteiger partial charge in [-0.15, -0.1) is 0 Å². The third-order valence-corrected chi connectivity index (χ3v) is 3.51. The van der Waals surface area contributed by atoms with Gasteiger partial charge in [-0.1, -0.05) is 31.9 Å². The molecule has 2 N–H and O–H groups in total. The molecule has 0 bridgehead atoms. The summed E-state index contributed by atoms with van der Waals surface area (Å²) in [5.74, 6) is 0.549. The van der Waals surface area contributed by atoms with Crippen LogP contribution < -0.4 is 5.73 Å².